The van der Waals surface area contributed by atoms with Crippen molar-refractivity contribution < 1.29 is 14.6 Å². The van der Waals surface area contributed by atoms with E-state index in [1.54, 1.807) is 19.2 Å². The molecule has 0 aliphatic rings. The SMILES string of the molecule is CCOc1cc(/C=N\NC(=O)c2cccn(C(C)C)c2=O)cc(Cl)c1O. The molecule has 0 unspecified atom stereocenters. The van der Waals surface area contributed by atoms with Crippen LogP contribution in [0, 0.1) is 0 Å². The summed E-state index contributed by atoms with van der Waals surface area (Å²) in [6.07, 6.45) is 2.97. The molecule has 1 amide bonds. The van der Waals surface area contributed by atoms with Crippen molar-refractivity contribution in [1.29, 1.82) is 0 Å². The molecule has 2 N–H and O–H groups in total. The summed E-state index contributed by atoms with van der Waals surface area (Å²) in [6, 6.07) is 6.03. The standard InChI is InChI=1S/C18H20ClN3O4/c1-4-26-15-9-12(8-14(19)16(15)23)10-20-21-17(24)13-6-5-7-22(11(2)3)18(13)25/h5-11,23H,4H2,1-3H3,(H,21,24)/b20-10-. The Morgan fingerprint density at radius 2 is 2.19 bits per heavy atom. The van der Waals surface area contributed by atoms with Gasteiger partial charge in [0, 0.05) is 12.2 Å². The van der Waals surface area contributed by atoms with Crippen molar-refractivity contribution >= 4 is 23.7 Å². The molecule has 0 bridgehead atoms. The minimum Gasteiger partial charge on any atom is -0.503 e. The van der Waals surface area contributed by atoms with Gasteiger partial charge < -0.3 is 14.4 Å². The summed E-state index contributed by atoms with van der Waals surface area (Å²) in [5.74, 6) is -0.556. The second-order valence-electron chi connectivity index (χ2n) is 5.71. The number of nitrogens with one attached hydrogen (secondary N) is 1. The summed E-state index contributed by atoms with van der Waals surface area (Å²) < 4.78 is 6.74. The van der Waals surface area contributed by atoms with Gasteiger partial charge in [0.2, 0.25) is 0 Å². The average molecular weight is 378 g/mol. The van der Waals surface area contributed by atoms with Crippen LogP contribution in [-0.4, -0.2) is 28.4 Å². The number of phenolic OH excluding ortho intramolecular Hbond substituents is 1. The number of benzene rings is 1. The fourth-order valence-electron chi connectivity index (χ4n) is 2.25. The van der Waals surface area contributed by atoms with E-state index in [4.69, 9.17) is 16.3 Å². The van der Waals surface area contributed by atoms with E-state index >= 15 is 0 Å². The number of hydrazone groups is 1. The predicted molar refractivity (Wildman–Crippen MR) is 100 cm³/mol. The van der Waals surface area contributed by atoms with Gasteiger partial charge in [0.25, 0.3) is 11.5 Å². The number of carbonyl (C=O) groups excluding carboxylic acids is 1. The first-order valence-corrected chi connectivity index (χ1v) is 8.42. The Hall–Kier alpha value is -2.80. The molecule has 138 valence electrons. The smallest absolute Gasteiger partial charge is 0.276 e. The Morgan fingerprint density at radius 3 is 2.85 bits per heavy atom. The van der Waals surface area contributed by atoms with Gasteiger partial charge in [-0.05, 0) is 50.6 Å². The zero-order valence-electron chi connectivity index (χ0n) is 14.7. The second kappa shape index (κ2) is 8.53. The first-order chi connectivity index (χ1) is 12.3. The molecule has 2 rings (SSSR count). The van der Waals surface area contributed by atoms with E-state index in [0.29, 0.717) is 12.2 Å². The highest BCUT2D eigenvalue weighted by Gasteiger charge is 2.13. The highest BCUT2D eigenvalue weighted by Crippen LogP contribution is 2.34. The minimum absolute atomic E-state index is 0.00269. The summed E-state index contributed by atoms with van der Waals surface area (Å²) in [7, 11) is 0. The van der Waals surface area contributed by atoms with Gasteiger partial charge in [-0.15, -0.1) is 0 Å². The molecule has 1 aromatic carbocycles. The van der Waals surface area contributed by atoms with Gasteiger partial charge in [0.15, 0.2) is 11.5 Å². The number of hydrogen-bond donors (Lipinski definition) is 2. The average Bonchev–Trinajstić information content (AvgIpc) is 2.59. The lowest BCUT2D eigenvalue weighted by Crippen LogP contribution is -2.31. The quantitative estimate of drug-likeness (QED) is 0.598. The monoisotopic (exact) mass is 377 g/mol. The number of carbonyl (C=O) groups is 1. The van der Waals surface area contributed by atoms with Crippen LogP contribution in [0.5, 0.6) is 11.5 Å². The molecule has 26 heavy (non-hydrogen) atoms. The number of phenols is 1. The van der Waals surface area contributed by atoms with Crippen molar-refractivity contribution in [2.45, 2.75) is 26.8 Å². The van der Waals surface area contributed by atoms with E-state index in [1.165, 1.54) is 29.0 Å². The molecule has 7 nitrogen and oxygen atoms in total. The van der Waals surface area contributed by atoms with Crippen molar-refractivity contribution in [2.24, 2.45) is 5.10 Å². The van der Waals surface area contributed by atoms with Crippen LogP contribution in [0.25, 0.3) is 0 Å². The third-order valence-corrected chi connectivity index (χ3v) is 3.79. The van der Waals surface area contributed by atoms with Gasteiger partial charge in [-0.1, -0.05) is 11.6 Å². The molecular weight excluding hydrogens is 358 g/mol. The molecule has 0 atom stereocenters. The molecule has 8 heteroatoms. The molecule has 0 fully saturated rings. The largest absolute Gasteiger partial charge is 0.503 e. The zero-order valence-corrected chi connectivity index (χ0v) is 15.4. The summed E-state index contributed by atoms with van der Waals surface area (Å²) in [5.41, 5.74) is 2.44. The van der Waals surface area contributed by atoms with Crippen LogP contribution in [0.1, 0.15) is 42.7 Å². The Balaban J connectivity index is 2.18. The summed E-state index contributed by atoms with van der Waals surface area (Å²) in [5, 5.41) is 13.7. The highest BCUT2D eigenvalue weighted by molar-refractivity contribution is 6.32. The molecule has 1 aromatic heterocycles. The lowest BCUT2D eigenvalue weighted by molar-refractivity contribution is 0.0953. The fourth-order valence-corrected chi connectivity index (χ4v) is 2.47. The van der Waals surface area contributed by atoms with Crippen LogP contribution in [0.4, 0.5) is 0 Å². The van der Waals surface area contributed by atoms with Gasteiger partial charge >= 0.3 is 0 Å². The zero-order chi connectivity index (χ0) is 19.3. The van der Waals surface area contributed by atoms with E-state index in [2.05, 4.69) is 10.5 Å². The van der Waals surface area contributed by atoms with E-state index in [-0.39, 0.29) is 33.7 Å². The van der Waals surface area contributed by atoms with E-state index in [0.717, 1.165) is 0 Å². The van der Waals surface area contributed by atoms with Gasteiger partial charge in [-0.2, -0.15) is 5.10 Å². The molecule has 0 aliphatic heterocycles. The third-order valence-electron chi connectivity index (χ3n) is 3.51. The lowest BCUT2D eigenvalue weighted by Gasteiger charge is -2.10. The van der Waals surface area contributed by atoms with Gasteiger partial charge in [0.1, 0.15) is 5.56 Å². The second-order valence-corrected chi connectivity index (χ2v) is 6.12. The highest BCUT2D eigenvalue weighted by atomic mass is 35.5. The van der Waals surface area contributed by atoms with E-state index in [9.17, 15) is 14.7 Å². The predicted octanol–water partition coefficient (Wildman–Crippen LogP) is 2.95. The maximum atomic E-state index is 12.3. The van der Waals surface area contributed by atoms with Crippen LogP contribution in [0.3, 0.4) is 0 Å². The minimum atomic E-state index is -0.615. The number of amides is 1. The Bertz CT molecular complexity index is 890. The number of aromatic hydroxyl groups is 1. The fraction of sp³-hybridized carbons (Fsp3) is 0.278. The summed E-state index contributed by atoms with van der Waals surface area (Å²) in [4.78, 5) is 24.5. The number of halogens is 1. The van der Waals surface area contributed by atoms with Gasteiger partial charge in [-0.3, -0.25) is 9.59 Å². The Morgan fingerprint density at radius 1 is 1.46 bits per heavy atom. The summed E-state index contributed by atoms with van der Waals surface area (Å²) >= 11 is 5.94. The molecule has 0 saturated carbocycles. The van der Waals surface area contributed by atoms with Crippen LogP contribution in [-0.2, 0) is 0 Å². The van der Waals surface area contributed by atoms with Crippen LogP contribution >= 0.6 is 11.6 Å². The first kappa shape index (κ1) is 19.5. The molecule has 0 spiro atoms. The molecule has 1 heterocycles. The van der Waals surface area contributed by atoms with Gasteiger partial charge in [0.05, 0.1) is 17.8 Å². The molecule has 0 saturated heterocycles. The molecule has 0 aliphatic carbocycles. The maximum Gasteiger partial charge on any atom is 0.276 e. The Kier molecular flexibility index (Phi) is 6.41. The van der Waals surface area contributed by atoms with Crippen molar-refractivity contribution in [1.82, 2.24) is 9.99 Å². The van der Waals surface area contributed by atoms with Crippen molar-refractivity contribution in [2.75, 3.05) is 6.61 Å². The topological polar surface area (TPSA) is 92.9 Å². The number of nitrogens with zero attached hydrogens (tertiary/aromatic N) is 2. The summed E-state index contributed by atoms with van der Waals surface area (Å²) in [6.45, 7) is 5.84. The number of rotatable bonds is 6. The third kappa shape index (κ3) is 4.43. The normalized spacial score (nSPS) is 11.1. The number of ether oxygens (including phenoxy) is 1. The van der Waals surface area contributed by atoms with E-state index in [1.807, 2.05) is 13.8 Å². The number of aromatic nitrogens is 1. The van der Waals surface area contributed by atoms with Crippen LogP contribution in [0.15, 0.2) is 40.4 Å². The van der Waals surface area contributed by atoms with Crippen molar-refractivity contribution in [3.8, 4) is 11.5 Å². The van der Waals surface area contributed by atoms with Crippen molar-refractivity contribution in [3.63, 3.8) is 0 Å². The van der Waals surface area contributed by atoms with Gasteiger partial charge in [-0.25, -0.2) is 5.43 Å². The maximum absolute atomic E-state index is 12.3. The van der Waals surface area contributed by atoms with Crippen molar-refractivity contribution in [3.05, 3.63) is 57.0 Å². The number of pyridine rings is 1. The molecule has 0 radical (unpaired) electrons. The van der Waals surface area contributed by atoms with Crippen LogP contribution in [0.2, 0.25) is 5.02 Å². The Labute approximate surface area is 155 Å². The molecule has 2 aromatic rings. The lowest BCUT2D eigenvalue weighted by atomic mass is 10.2. The van der Waals surface area contributed by atoms with Crippen LogP contribution < -0.4 is 15.7 Å². The number of hydrogen-bond acceptors (Lipinski definition) is 5. The molecular formula is C18H20ClN3O4. The van der Waals surface area contributed by atoms with E-state index < -0.39 is 5.91 Å². The first-order valence-electron chi connectivity index (χ1n) is 8.05.